The first-order valence-corrected chi connectivity index (χ1v) is 7.89. The van der Waals surface area contributed by atoms with E-state index in [1.165, 1.54) is 6.07 Å². The molecule has 0 saturated heterocycles. The number of hydrogen-bond donors (Lipinski definition) is 2. The Balaban J connectivity index is 1.64. The van der Waals surface area contributed by atoms with Gasteiger partial charge >= 0.3 is 0 Å². The minimum Gasteiger partial charge on any atom is -0.320 e. The summed E-state index contributed by atoms with van der Waals surface area (Å²) in [5, 5.41) is 13.5. The Bertz CT molecular complexity index is 1120. The second kappa shape index (κ2) is 6.25. The molecule has 0 saturated carbocycles. The number of nitrogens with one attached hydrogen (secondary N) is 2. The summed E-state index contributed by atoms with van der Waals surface area (Å²) in [5.41, 5.74) is 3.53. The van der Waals surface area contributed by atoms with E-state index >= 15 is 0 Å². The highest BCUT2D eigenvalue weighted by atomic mass is 16.2. The monoisotopic (exact) mass is 346 g/mol. The van der Waals surface area contributed by atoms with E-state index in [9.17, 15) is 9.59 Å². The van der Waals surface area contributed by atoms with Gasteiger partial charge in [0.15, 0.2) is 11.3 Å². The normalized spacial score (nSPS) is 10.8. The maximum Gasteiger partial charge on any atom is 0.276 e. The number of H-pyrrole nitrogens is 1. The average Bonchev–Trinajstić information content (AvgIpc) is 3.09. The van der Waals surface area contributed by atoms with E-state index in [-0.39, 0.29) is 17.2 Å². The van der Waals surface area contributed by atoms with Crippen LogP contribution in [0, 0.1) is 6.92 Å². The molecule has 0 aliphatic rings. The summed E-state index contributed by atoms with van der Waals surface area (Å²) in [6.45, 7) is 1.89. The van der Waals surface area contributed by atoms with E-state index in [4.69, 9.17) is 0 Å². The lowest BCUT2D eigenvalue weighted by atomic mass is 10.1. The molecule has 128 valence electrons. The van der Waals surface area contributed by atoms with Crippen molar-refractivity contribution in [2.45, 2.75) is 6.92 Å². The first-order valence-electron chi connectivity index (χ1n) is 7.89. The molecule has 0 aliphatic carbocycles. The maximum atomic E-state index is 12.6. The molecular formula is C18H14N6O2. The van der Waals surface area contributed by atoms with Crippen LogP contribution in [0.5, 0.6) is 0 Å². The minimum absolute atomic E-state index is 0.269. The number of aromatic nitrogens is 5. The molecule has 0 unspecified atom stereocenters. The molecule has 3 heterocycles. The number of carbonyl (C=O) groups excluding carboxylic acids is 1. The van der Waals surface area contributed by atoms with Crippen molar-refractivity contribution in [2.24, 2.45) is 0 Å². The van der Waals surface area contributed by atoms with Crippen LogP contribution in [0.15, 0.2) is 59.7 Å². The van der Waals surface area contributed by atoms with Gasteiger partial charge in [0.25, 0.3) is 11.5 Å². The molecule has 0 spiro atoms. The van der Waals surface area contributed by atoms with Crippen LogP contribution in [0.3, 0.4) is 0 Å². The van der Waals surface area contributed by atoms with Crippen molar-refractivity contribution >= 4 is 17.2 Å². The second-order valence-electron chi connectivity index (χ2n) is 5.74. The number of anilines is 1. The van der Waals surface area contributed by atoms with E-state index in [2.05, 4.69) is 25.6 Å². The zero-order chi connectivity index (χ0) is 18.1. The van der Waals surface area contributed by atoms with Gasteiger partial charge in [0, 0.05) is 35.8 Å². The first-order chi connectivity index (χ1) is 12.6. The predicted octanol–water partition coefficient (Wildman–Crippen LogP) is 2.04. The van der Waals surface area contributed by atoms with Crippen LogP contribution in [-0.4, -0.2) is 30.7 Å². The highest BCUT2D eigenvalue weighted by Gasteiger charge is 2.13. The number of rotatable bonds is 3. The summed E-state index contributed by atoms with van der Waals surface area (Å²) in [6, 6.07) is 12.0. The van der Waals surface area contributed by atoms with Gasteiger partial charge in [0.1, 0.15) is 0 Å². The number of fused-ring (bicyclic) bond motifs is 1. The van der Waals surface area contributed by atoms with E-state index in [0.29, 0.717) is 17.0 Å². The largest absolute Gasteiger partial charge is 0.320 e. The number of aromatic amines is 1. The first kappa shape index (κ1) is 15.7. The molecule has 8 nitrogen and oxygen atoms in total. The van der Waals surface area contributed by atoms with Crippen molar-refractivity contribution in [3.8, 4) is 11.3 Å². The fraction of sp³-hybridized carbons (Fsp3) is 0.0556. The Morgan fingerprint density at radius 2 is 2.08 bits per heavy atom. The maximum absolute atomic E-state index is 12.6. The van der Waals surface area contributed by atoms with Crippen LogP contribution in [0.2, 0.25) is 0 Å². The number of hydrogen-bond acceptors (Lipinski definition) is 5. The Morgan fingerprint density at radius 1 is 1.19 bits per heavy atom. The van der Waals surface area contributed by atoms with Gasteiger partial charge in [0.05, 0.1) is 5.69 Å². The lowest BCUT2D eigenvalue weighted by molar-refractivity contribution is 0.102. The van der Waals surface area contributed by atoms with Gasteiger partial charge in [-0.15, -0.1) is 0 Å². The Morgan fingerprint density at radius 3 is 2.85 bits per heavy atom. The summed E-state index contributed by atoms with van der Waals surface area (Å²) in [6.07, 6.45) is 3.37. The summed E-state index contributed by atoms with van der Waals surface area (Å²) in [7, 11) is 0. The van der Waals surface area contributed by atoms with Crippen LogP contribution in [0.25, 0.3) is 16.9 Å². The summed E-state index contributed by atoms with van der Waals surface area (Å²) < 4.78 is 1.54. The van der Waals surface area contributed by atoms with Gasteiger partial charge in [-0.3, -0.25) is 9.59 Å². The molecule has 4 rings (SSSR count). The van der Waals surface area contributed by atoms with Crippen LogP contribution in [-0.2, 0) is 0 Å². The highest BCUT2D eigenvalue weighted by molar-refractivity contribution is 6.04. The zero-order valence-corrected chi connectivity index (χ0v) is 13.8. The molecule has 4 aromatic rings. The van der Waals surface area contributed by atoms with Gasteiger partial charge in [-0.1, -0.05) is 12.1 Å². The van der Waals surface area contributed by atoms with Gasteiger partial charge in [-0.05, 0) is 30.7 Å². The lowest BCUT2D eigenvalue weighted by Crippen LogP contribution is -2.13. The number of benzene rings is 1. The second-order valence-corrected chi connectivity index (χ2v) is 5.74. The van der Waals surface area contributed by atoms with E-state index < -0.39 is 0 Å². The fourth-order valence-electron chi connectivity index (χ4n) is 2.55. The standard InChI is InChI=1S/C18H14N6O2/c1-11-3-4-12(13-5-6-17(25)22-21-13)9-14(11)20-18(26)15-10-16-19-7-2-8-24(16)23-15/h2-10H,1H3,(H,20,26)(H,22,25). The predicted molar refractivity (Wildman–Crippen MR) is 96.0 cm³/mol. The van der Waals surface area contributed by atoms with Crippen molar-refractivity contribution in [2.75, 3.05) is 5.32 Å². The third-order valence-electron chi connectivity index (χ3n) is 3.93. The van der Waals surface area contributed by atoms with Crippen LogP contribution < -0.4 is 10.9 Å². The Kier molecular flexibility index (Phi) is 3.77. The molecule has 1 amide bonds. The summed E-state index contributed by atoms with van der Waals surface area (Å²) >= 11 is 0. The van der Waals surface area contributed by atoms with Crippen LogP contribution in [0.1, 0.15) is 16.1 Å². The number of carbonyl (C=O) groups is 1. The van der Waals surface area contributed by atoms with Crippen molar-refractivity contribution < 1.29 is 4.79 Å². The molecule has 2 N–H and O–H groups in total. The highest BCUT2D eigenvalue weighted by Crippen LogP contribution is 2.24. The fourth-order valence-corrected chi connectivity index (χ4v) is 2.55. The summed E-state index contributed by atoms with van der Waals surface area (Å²) in [5.74, 6) is -0.329. The van der Waals surface area contributed by atoms with E-state index in [1.807, 2.05) is 25.1 Å². The minimum atomic E-state index is -0.329. The number of aryl methyl sites for hydroxylation is 1. The molecule has 0 bridgehead atoms. The van der Waals surface area contributed by atoms with Crippen LogP contribution >= 0.6 is 0 Å². The van der Waals surface area contributed by atoms with Crippen LogP contribution in [0.4, 0.5) is 5.69 Å². The quantitative estimate of drug-likeness (QED) is 0.590. The topological polar surface area (TPSA) is 105 Å². The number of amides is 1. The molecular weight excluding hydrogens is 332 g/mol. The molecule has 0 radical (unpaired) electrons. The Labute approximate surface area is 147 Å². The Hall–Kier alpha value is -3.81. The SMILES string of the molecule is Cc1ccc(-c2ccc(=O)[nH]n2)cc1NC(=O)c1cc2ncccn2n1. The molecule has 8 heteroatoms. The molecule has 0 fully saturated rings. The average molecular weight is 346 g/mol. The molecule has 26 heavy (non-hydrogen) atoms. The van der Waals surface area contributed by atoms with Crippen molar-refractivity contribution in [1.82, 2.24) is 24.8 Å². The summed E-state index contributed by atoms with van der Waals surface area (Å²) in [4.78, 5) is 27.9. The van der Waals surface area contributed by atoms with Crippen molar-refractivity contribution in [3.05, 3.63) is 76.5 Å². The molecule has 0 aliphatic heterocycles. The third-order valence-corrected chi connectivity index (χ3v) is 3.93. The van der Waals surface area contributed by atoms with Crippen molar-refractivity contribution in [1.29, 1.82) is 0 Å². The molecule has 0 atom stereocenters. The zero-order valence-electron chi connectivity index (χ0n) is 13.8. The third kappa shape index (κ3) is 2.95. The molecule has 3 aromatic heterocycles. The van der Waals surface area contributed by atoms with Gasteiger partial charge in [-0.25, -0.2) is 14.6 Å². The van der Waals surface area contributed by atoms with Gasteiger partial charge < -0.3 is 5.32 Å². The van der Waals surface area contributed by atoms with Crippen molar-refractivity contribution in [3.63, 3.8) is 0 Å². The lowest BCUT2D eigenvalue weighted by Gasteiger charge is -2.09. The van der Waals surface area contributed by atoms with E-state index in [0.717, 1.165) is 11.1 Å². The van der Waals surface area contributed by atoms with E-state index in [1.54, 1.807) is 35.1 Å². The number of nitrogens with zero attached hydrogens (tertiary/aromatic N) is 4. The van der Waals surface area contributed by atoms with Gasteiger partial charge in [-0.2, -0.15) is 10.2 Å². The molecule has 1 aromatic carbocycles. The smallest absolute Gasteiger partial charge is 0.276 e. The van der Waals surface area contributed by atoms with Gasteiger partial charge in [0.2, 0.25) is 0 Å².